The summed E-state index contributed by atoms with van der Waals surface area (Å²) < 4.78 is 4.80. The number of nitrogens with one attached hydrogen (secondary N) is 1. The maximum Gasteiger partial charge on any atom is 0.342 e. The Kier molecular flexibility index (Phi) is 1.74. The summed E-state index contributed by atoms with van der Waals surface area (Å²) in [6, 6.07) is 6.90. The van der Waals surface area contributed by atoms with Crippen LogP contribution in [0.25, 0.3) is 10.9 Å². The Bertz CT molecular complexity index is 699. The molecule has 1 aliphatic rings. The number of H-pyrrole nitrogens is 1. The number of hydrogen-bond donors (Lipinski definition) is 2. The van der Waals surface area contributed by atoms with Gasteiger partial charge in [0.1, 0.15) is 5.56 Å². The molecule has 1 atom stereocenters. The molecule has 5 heteroatoms. The van der Waals surface area contributed by atoms with Gasteiger partial charge in [0.25, 0.3) is 5.56 Å². The zero-order valence-electron chi connectivity index (χ0n) is 8.98. The quantitative estimate of drug-likeness (QED) is 0.659. The van der Waals surface area contributed by atoms with Crippen molar-refractivity contribution in [1.82, 2.24) is 4.98 Å². The highest BCUT2D eigenvalue weighted by atomic mass is 16.7. The largest absolute Gasteiger partial charge is 0.425 e. The summed E-state index contributed by atoms with van der Waals surface area (Å²) >= 11 is 0. The van der Waals surface area contributed by atoms with Crippen molar-refractivity contribution in [3.05, 3.63) is 45.7 Å². The molecule has 0 aliphatic carbocycles. The topological polar surface area (TPSA) is 79.4 Å². The SMILES string of the molecule is CC1(O)OC(=O)c2c1c(=O)[nH]c1ccccc21. The molecule has 86 valence electrons. The van der Waals surface area contributed by atoms with Crippen molar-refractivity contribution < 1.29 is 14.6 Å². The van der Waals surface area contributed by atoms with Gasteiger partial charge in [-0.3, -0.25) is 4.79 Å². The van der Waals surface area contributed by atoms with Gasteiger partial charge in [0.05, 0.1) is 5.56 Å². The Hall–Kier alpha value is -2.14. The van der Waals surface area contributed by atoms with Gasteiger partial charge in [-0.2, -0.15) is 0 Å². The molecule has 0 radical (unpaired) electrons. The van der Waals surface area contributed by atoms with Crippen LogP contribution in [0, 0.1) is 0 Å². The second kappa shape index (κ2) is 2.95. The molecule has 3 rings (SSSR count). The number of ether oxygens (including phenoxy) is 1. The number of aromatic nitrogens is 1. The molecule has 2 N–H and O–H groups in total. The number of rotatable bonds is 0. The number of para-hydroxylation sites is 1. The first kappa shape index (κ1) is 10.0. The van der Waals surface area contributed by atoms with Crippen LogP contribution in [-0.2, 0) is 10.5 Å². The molecule has 1 aliphatic heterocycles. The van der Waals surface area contributed by atoms with E-state index in [1.165, 1.54) is 6.92 Å². The number of cyclic esters (lactones) is 1. The first-order chi connectivity index (χ1) is 8.00. The Morgan fingerprint density at radius 1 is 1.29 bits per heavy atom. The second-order valence-corrected chi connectivity index (χ2v) is 4.12. The summed E-state index contributed by atoms with van der Waals surface area (Å²) in [5.41, 5.74) is 0.163. The van der Waals surface area contributed by atoms with E-state index in [-0.39, 0.29) is 11.1 Å². The predicted molar refractivity (Wildman–Crippen MR) is 59.6 cm³/mol. The van der Waals surface area contributed by atoms with Crippen LogP contribution in [0.1, 0.15) is 22.8 Å². The summed E-state index contributed by atoms with van der Waals surface area (Å²) in [5, 5.41) is 10.5. The first-order valence-corrected chi connectivity index (χ1v) is 5.12. The summed E-state index contributed by atoms with van der Waals surface area (Å²) in [6.07, 6.45) is 0. The zero-order valence-corrected chi connectivity index (χ0v) is 8.98. The normalized spacial score (nSPS) is 22.6. The van der Waals surface area contributed by atoms with Crippen LogP contribution in [0.4, 0.5) is 0 Å². The molecule has 0 saturated heterocycles. The van der Waals surface area contributed by atoms with Crippen molar-refractivity contribution >= 4 is 16.9 Å². The highest BCUT2D eigenvalue weighted by molar-refractivity contribution is 6.06. The van der Waals surface area contributed by atoms with Gasteiger partial charge in [-0.15, -0.1) is 0 Å². The number of carbonyl (C=O) groups is 1. The molecule has 0 bridgehead atoms. The third-order valence-electron chi connectivity index (χ3n) is 2.88. The van der Waals surface area contributed by atoms with Crippen molar-refractivity contribution in [3.63, 3.8) is 0 Å². The lowest BCUT2D eigenvalue weighted by atomic mass is 10.0. The lowest BCUT2D eigenvalue weighted by Crippen LogP contribution is -2.28. The fourth-order valence-corrected chi connectivity index (χ4v) is 2.18. The number of hydrogen-bond acceptors (Lipinski definition) is 4. The fourth-order valence-electron chi connectivity index (χ4n) is 2.18. The highest BCUT2D eigenvalue weighted by Gasteiger charge is 2.43. The van der Waals surface area contributed by atoms with Crippen LogP contribution in [0.15, 0.2) is 29.1 Å². The van der Waals surface area contributed by atoms with Crippen LogP contribution >= 0.6 is 0 Å². The maximum absolute atomic E-state index is 11.8. The first-order valence-electron chi connectivity index (χ1n) is 5.12. The molecule has 5 nitrogen and oxygen atoms in total. The zero-order chi connectivity index (χ0) is 12.2. The van der Waals surface area contributed by atoms with Crippen LogP contribution in [0.5, 0.6) is 0 Å². The van der Waals surface area contributed by atoms with Crippen molar-refractivity contribution in [2.45, 2.75) is 12.7 Å². The van der Waals surface area contributed by atoms with Crippen molar-refractivity contribution in [1.29, 1.82) is 0 Å². The van der Waals surface area contributed by atoms with Crippen molar-refractivity contribution in [3.8, 4) is 0 Å². The Morgan fingerprint density at radius 3 is 2.76 bits per heavy atom. The van der Waals surface area contributed by atoms with E-state index < -0.39 is 17.3 Å². The fraction of sp³-hybridized carbons (Fsp3) is 0.167. The van der Waals surface area contributed by atoms with Crippen molar-refractivity contribution in [2.24, 2.45) is 0 Å². The van der Waals surface area contributed by atoms with E-state index in [0.29, 0.717) is 10.9 Å². The molecule has 0 fully saturated rings. The monoisotopic (exact) mass is 231 g/mol. The molecule has 17 heavy (non-hydrogen) atoms. The smallest absolute Gasteiger partial charge is 0.342 e. The number of benzene rings is 1. The molecule has 2 heterocycles. The third-order valence-corrected chi connectivity index (χ3v) is 2.88. The van der Waals surface area contributed by atoms with E-state index >= 15 is 0 Å². The maximum atomic E-state index is 11.8. The van der Waals surface area contributed by atoms with Crippen LogP contribution in [-0.4, -0.2) is 16.1 Å². The standard InChI is InChI=1S/C12H9NO4/c1-12(16)9-8(11(15)17-12)6-4-2-3-5-7(6)13-10(9)14/h2-5,16H,1H3,(H,13,14). The Labute approximate surface area is 95.7 Å². The molecular formula is C12H9NO4. The van der Waals surface area contributed by atoms with E-state index in [1.54, 1.807) is 24.3 Å². The van der Waals surface area contributed by atoms with Gasteiger partial charge in [-0.1, -0.05) is 18.2 Å². The number of carbonyl (C=O) groups excluding carboxylic acids is 1. The number of pyridine rings is 1. The van der Waals surface area contributed by atoms with Gasteiger partial charge >= 0.3 is 5.97 Å². The molecule has 2 aromatic rings. The number of aliphatic hydroxyl groups is 1. The molecule has 0 spiro atoms. The summed E-state index contributed by atoms with van der Waals surface area (Å²) in [7, 11) is 0. The third kappa shape index (κ3) is 1.23. The lowest BCUT2D eigenvalue weighted by Gasteiger charge is -2.14. The number of esters is 1. The highest BCUT2D eigenvalue weighted by Crippen LogP contribution is 2.34. The van der Waals surface area contributed by atoms with Crippen LogP contribution in [0.3, 0.4) is 0 Å². The van der Waals surface area contributed by atoms with Gasteiger partial charge in [-0.05, 0) is 6.07 Å². The van der Waals surface area contributed by atoms with E-state index in [1.807, 2.05) is 0 Å². The molecule has 0 saturated carbocycles. The van der Waals surface area contributed by atoms with Gasteiger partial charge in [0, 0.05) is 17.8 Å². The van der Waals surface area contributed by atoms with Crippen LogP contribution < -0.4 is 5.56 Å². The van der Waals surface area contributed by atoms with E-state index in [4.69, 9.17) is 4.74 Å². The minimum absolute atomic E-state index is 0.0267. The summed E-state index contributed by atoms with van der Waals surface area (Å²) in [5.74, 6) is -2.53. The second-order valence-electron chi connectivity index (χ2n) is 4.12. The molecule has 1 aromatic carbocycles. The Balaban J connectivity index is 2.55. The lowest BCUT2D eigenvalue weighted by molar-refractivity contribution is -0.148. The van der Waals surface area contributed by atoms with Gasteiger partial charge in [0.2, 0.25) is 5.79 Å². The van der Waals surface area contributed by atoms with Crippen molar-refractivity contribution in [2.75, 3.05) is 0 Å². The number of fused-ring (bicyclic) bond motifs is 3. The van der Waals surface area contributed by atoms with Gasteiger partial charge in [0.15, 0.2) is 0 Å². The average molecular weight is 231 g/mol. The molecule has 1 unspecified atom stereocenters. The molecule has 1 aromatic heterocycles. The predicted octanol–water partition coefficient (Wildman–Crippen LogP) is 0.864. The molecule has 0 amide bonds. The number of aromatic amines is 1. The summed E-state index contributed by atoms with van der Waals surface area (Å²) in [6.45, 7) is 1.28. The van der Waals surface area contributed by atoms with E-state index in [0.717, 1.165) is 0 Å². The summed E-state index contributed by atoms with van der Waals surface area (Å²) in [4.78, 5) is 26.2. The Morgan fingerprint density at radius 2 is 2.00 bits per heavy atom. The average Bonchev–Trinajstić information content (AvgIpc) is 2.50. The van der Waals surface area contributed by atoms with E-state index in [9.17, 15) is 14.7 Å². The van der Waals surface area contributed by atoms with Gasteiger partial charge in [-0.25, -0.2) is 4.79 Å². The molecular weight excluding hydrogens is 222 g/mol. The minimum atomic E-state index is -1.86. The van der Waals surface area contributed by atoms with Gasteiger partial charge < -0.3 is 14.8 Å². The van der Waals surface area contributed by atoms with Crippen LogP contribution in [0.2, 0.25) is 0 Å². The van der Waals surface area contributed by atoms with E-state index in [2.05, 4.69) is 4.98 Å². The minimum Gasteiger partial charge on any atom is -0.425 e.